The second kappa shape index (κ2) is 6.97. The van der Waals surface area contributed by atoms with E-state index in [0.717, 1.165) is 9.87 Å². The molecule has 1 aromatic rings. The first kappa shape index (κ1) is 16.1. The zero-order valence-electron chi connectivity index (χ0n) is 11.1. The molecule has 1 atom stereocenters. The second-order valence-electron chi connectivity index (χ2n) is 4.24. The summed E-state index contributed by atoms with van der Waals surface area (Å²) in [6.45, 7) is 0.434. The molecule has 0 heterocycles. The van der Waals surface area contributed by atoms with Gasteiger partial charge in [-0.3, -0.25) is 0 Å². The van der Waals surface area contributed by atoms with E-state index in [0.29, 0.717) is 6.54 Å². The van der Waals surface area contributed by atoms with Gasteiger partial charge in [-0.2, -0.15) is 4.31 Å². The van der Waals surface area contributed by atoms with Crippen molar-refractivity contribution in [3.63, 3.8) is 0 Å². The molecule has 108 valence electrons. The number of aliphatic hydroxyl groups is 1. The van der Waals surface area contributed by atoms with Gasteiger partial charge in [0.1, 0.15) is 0 Å². The third-order valence-electron chi connectivity index (χ3n) is 2.69. The maximum atomic E-state index is 12.2. The van der Waals surface area contributed by atoms with E-state index in [-0.39, 0.29) is 18.0 Å². The molecule has 19 heavy (non-hydrogen) atoms. The minimum atomic E-state index is -3.60. The number of hydrogen-bond acceptors (Lipinski definition) is 5. The van der Waals surface area contributed by atoms with Crippen molar-refractivity contribution in [3.05, 3.63) is 29.8 Å². The number of nitrogens with zero attached hydrogens (tertiary/aromatic N) is 1. The lowest BCUT2D eigenvalue weighted by atomic mass is 10.2. The molecular weight excluding hydrogens is 268 g/mol. The zero-order chi connectivity index (χ0) is 14.5. The molecule has 7 heteroatoms. The molecule has 0 radical (unpaired) electrons. The number of aliphatic hydroxyl groups excluding tert-OH is 1. The molecule has 0 aromatic heterocycles. The lowest BCUT2D eigenvalue weighted by Crippen LogP contribution is -2.36. The van der Waals surface area contributed by atoms with Gasteiger partial charge in [0.15, 0.2) is 0 Å². The Balaban J connectivity index is 2.83. The summed E-state index contributed by atoms with van der Waals surface area (Å²) in [6, 6.07) is 6.37. The van der Waals surface area contributed by atoms with E-state index in [1.807, 2.05) is 0 Å². The Morgan fingerprint density at radius 1 is 1.37 bits per heavy atom. The highest BCUT2D eigenvalue weighted by atomic mass is 32.2. The number of methoxy groups -OCH3 is 1. The summed E-state index contributed by atoms with van der Waals surface area (Å²) in [4.78, 5) is 0.178. The SMILES string of the molecule is COCC(O)CN(C)S(=O)(=O)c1ccc(CN)cc1. The number of benzene rings is 1. The third-order valence-corrected chi connectivity index (χ3v) is 4.53. The monoisotopic (exact) mass is 288 g/mol. The van der Waals surface area contributed by atoms with Crippen molar-refractivity contribution in [2.45, 2.75) is 17.5 Å². The summed E-state index contributed by atoms with van der Waals surface area (Å²) in [5.41, 5.74) is 6.32. The minimum absolute atomic E-state index is 0.0190. The molecule has 0 fully saturated rings. The van der Waals surface area contributed by atoms with E-state index in [1.54, 1.807) is 12.1 Å². The number of likely N-dealkylation sites (N-methyl/N-ethyl adjacent to an activating group) is 1. The summed E-state index contributed by atoms with van der Waals surface area (Å²) in [7, 11) is -0.731. The predicted octanol–water partition coefficient (Wildman–Crippen LogP) is -0.227. The van der Waals surface area contributed by atoms with Crippen LogP contribution in [0.2, 0.25) is 0 Å². The highest BCUT2D eigenvalue weighted by molar-refractivity contribution is 7.89. The lowest BCUT2D eigenvalue weighted by Gasteiger charge is -2.20. The molecular formula is C12H20N2O4S. The van der Waals surface area contributed by atoms with Gasteiger partial charge in [-0.15, -0.1) is 0 Å². The van der Waals surface area contributed by atoms with E-state index in [4.69, 9.17) is 10.5 Å². The van der Waals surface area contributed by atoms with Crippen molar-refractivity contribution < 1.29 is 18.3 Å². The van der Waals surface area contributed by atoms with Gasteiger partial charge in [-0.1, -0.05) is 12.1 Å². The normalized spacial score (nSPS) is 13.7. The predicted molar refractivity (Wildman–Crippen MR) is 72.0 cm³/mol. The fourth-order valence-corrected chi connectivity index (χ4v) is 2.83. The average molecular weight is 288 g/mol. The molecule has 1 rings (SSSR count). The molecule has 0 saturated carbocycles. The van der Waals surface area contributed by atoms with Crippen LogP contribution in [0.1, 0.15) is 5.56 Å². The van der Waals surface area contributed by atoms with Gasteiger partial charge in [0.25, 0.3) is 0 Å². The van der Waals surface area contributed by atoms with Crippen LogP contribution in [0.4, 0.5) is 0 Å². The number of sulfonamides is 1. The molecule has 1 unspecified atom stereocenters. The number of nitrogens with two attached hydrogens (primary N) is 1. The summed E-state index contributed by atoms with van der Waals surface area (Å²) < 4.78 is 30.3. The fraction of sp³-hybridized carbons (Fsp3) is 0.500. The van der Waals surface area contributed by atoms with E-state index in [2.05, 4.69) is 0 Å². The molecule has 1 aromatic carbocycles. The van der Waals surface area contributed by atoms with Gasteiger partial charge in [0, 0.05) is 27.2 Å². The summed E-state index contributed by atoms with van der Waals surface area (Å²) in [6.07, 6.45) is -0.854. The van der Waals surface area contributed by atoms with Crippen LogP contribution in [0.15, 0.2) is 29.2 Å². The summed E-state index contributed by atoms with van der Waals surface area (Å²) in [5.74, 6) is 0. The standard InChI is InChI=1S/C12H20N2O4S/c1-14(8-11(15)9-18-2)19(16,17)12-5-3-10(7-13)4-6-12/h3-6,11,15H,7-9,13H2,1-2H3. The Morgan fingerprint density at radius 2 is 1.95 bits per heavy atom. The first-order chi connectivity index (χ1) is 8.91. The van der Waals surface area contributed by atoms with Crippen LogP contribution in [0, 0.1) is 0 Å². The van der Waals surface area contributed by atoms with Crippen molar-refractivity contribution in [2.24, 2.45) is 5.73 Å². The fourth-order valence-electron chi connectivity index (χ4n) is 1.62. The molecule has 0 amide bonds. The Labute approximate surface area is 113 Å². The van der Waals surface area contributed by atoms with Crippen LogP contribution in [-0.4, -0.2) is 51.2 Å². The molecule has 0 saturated heterocycles. The maximum absolute atomic E-state index is 12.2. The largest absolute Gasteiger partial charge is 0.389 e. The van der Waals surface area contributed by atoms with E-state index in [1.165, 1.54) is 26.3 Å². The Morgan fingerprint density at radius 3 is 2.42 bits per heavy atom. The highest BCUT2D eigenvalue weighted by Gasteiger charge is 2.22. The third kappa shape index (κ3) is 4.26. The Hall–Kier alpha value is -0.990. The molecule has 3 N–H and O–H groups in total. The van der Waals surface area contributed by atoms with Gasteiger partial charge >= 0.3 is 0 Å². The average Bonchev–Trinajstić information content (AvgIpc) is 2.39. The number of ether oxygens (including phenoxy) is 1. The smallest absolute Gasteiger partial charge is 0.242 e. The first-order valence-electron chi connectivity index (χ1n) is 5.84. The summed E-state index contributed by atoms with van der Waals surface area (Å²) in [5, 5.41) is 9.56. The summed E-state index contributed by atoms with van der Waals surface area (Å²) >= 11 is 0. The van der Waals surface area contributed by atoms with Crippen molar-refractivity contribution in [1.82, 2.24) is 4.31 Å². The van der Waals surface area contributed by atoms with Gasteiger partial charge in [0.2, 0.25) is 10.0 Å². The van der Waals surface area contributed by atoms with Crippen molar-refractivity contribution >= 4 is 10.0 Å². The van der Waals surface area contributed by atoms with Crippen LogP contribution in [0.25, 0.3) is 0 Å². The van der Waals surface area contributed by atoms with Gasteiger partial charge in [-0.25, -0.2) is 8.42 Å². The van der Waals surface area contributed by atoms with Crippen LogP contribution in [0.3, 0.4) is 0 Å². The topological polar surface area (TPSA) is 92.9 Å². The van der Waals surface area contributed by atoms with E-state index in [9.17, 15) is 13.5 Å². The quantitative estimate of drug-likeness (QED) is 0.723. The first-order valence-corrected chi connectivity index (χ1v) is 7.28. The highest BCUT2D eigenvalue weighted by Crippen LogP contribution is 2.15. The Kier molecular flexibility index (Phi) is 5.89. The van der Waals surface area contributed by atoms with Crippen molar-refractivity contribution in [1.29, 1.82) is 0 Å². The van der Waals surface area contributed by atoms with Gasteiger partial charge in [-0.05, 0) is 17.7 Å². The second-order valence-corrected chi connectivity index (χ2v) is 6.29. The van der Waals surface area contributed by atoms with E-state index < -0.39 is 16.1 Å². The molecule has 0 aliphatic rings. The number of rotatable bonds is 7. The molecule has 0 spiro atoms. The molecule has 0 bridgehead atoms. The minimum Gasteiger partial charge on any atom is -0.389 e. The van der Waals surface area contributed by atoms with Crippen LogP contribution >= 0.6 is 0 Å². The van der Waals surface area contributed by atoms with Crippen molar-refractivity contribution in [3.8, 4) is 0 Å². The van der Waals surface area contributed by atoms with Crippen LogP contribution < -0.4 is 5.73 Å². The Bertz CT molecular complexity index is 487. The number of hydrogen-bond donors (Lipinski definition) is 2. The lowest BCUT2D eigenvalue weighted by molar-refractivity contribution is 0.0554. The molecule has 6 nitrogen and oxygen atoms in total. The molecule has 0 aliphatic heterocycles. The van der Waals surface area contributed by atoms with Crippen LogP contribution in [-0.2, 0) is 21.3 Å². The van der Waals surface area contributed by atoms with Crippen LogP contribution in [0.5, 0.6) is 0 Å². The van der Waals surface area contributed by atoms with E-state index >= 15 is 0 Å². The zero-order valence-corrected chi connectivity index (χ0v) is 11.9. The van der Waals surface area contributed by atoms with Gasteiger partial charge < -0.3 is 15.6 Å². The van der Waals surface area contributed by atoms with Gasteiger partial charge in [0.05, 0.1) is 17.6 Å². The molecule has 0 aliphatic carbocycles. The maximum Gasteiger partial charge on any atom is 0.242 e. The van der Waals surface area contributed by atoms with Crippen molar-refractivity contribution in [2.75, 3.05) is 27.3 Å².